The van der Waals surface area contributed by atoms with Gasteiger partial charge in [0.05, 0.1) is 7.11 Å². The van der Waals surface area contributed by atoms with Gasteiger partial charge in [-0.15, -0.1) is 0 Å². The molecule has 2 aromatic carbocycles. The van der Waals surface area contributed by atoms with E-state index in [2.05, 4.69) is 63.4 Å². The molecular weight excluding hydrogens is 465 g/mol. The predicted molar refractivity (Wildman–Crippen MR) is 150 cm³/mol. The maximum absolute atomic E-state index is 13.5. The van der Waals surface area contributed by atoms with E-state index in [-0.39, 0.29) is 5.82 Å². The van der Waals surface area contributed by atoms with Gasteiger partial charge in [-0.2, -0.15) is 0 Å². The summed E-state index contributed by atoms with van der Waals surface area (Å²) in [6, 6.07) is 10.4. The van der Waals surface area contributed by atoms with Crippen molar-refractivity contribution in [2.75, 3.05) is 52.2 Å². The van der Waals surface area contributed by atoms with Gasteiger partial charge >= 0.3 is 0 Å². The maximum Gasteiger partial charge on any atom is 0.145 e. The third-order valence-electron chi connectivity index (χ3n) is 6.68. The highest BCUT2D eigenvalue weighted by Crippen LogP contribution is 2.34. The molecule has 1 aliphatic heterocycles. The van der Waals surface area contributed by atoms with Crippen molar-refractivity contribution in [3.05, 3.63) is 84.1 Å². The molecule has 1 aliphatic rings. The van der Waals surface area contributed by atoms with Crippen LogP contribution in [0.1, 0.15) is 20.3 Å². The van der Waals surface area contributed by atoms with E-state index in [1.165, 1.54) is 17.8 Å². The van der Waals surface area contributed by atoms with Crippen molar-refractivity contribution < 1.29 is 9.13 Å². The number of hydrogen-bond donors (Lipinski definition) is 1. The molecule has 0 spiro atoms. The maximum atomic E-state index is 13.5. The number of anilines is 1. The predicted octanol–water partition coefficient (Wildman–Crippen LogP) is 5.90. The van der Waals surface area contributed by atoms with Gasteiger partial charge in [0.1, 0.15) is 29.2 Å². The lowest BCUT2D eigenvalue weighted by Gasteiger charge is -2.34. The number of halogens is 1. The smallest absolute Gasteiger partial charge is 0.145 e. The zero-order valence-electron chi connectivity index (χ0n) is 22.2. The molecule has 7 heteroatoms. The second-order valence-corrected chi connectivity index (χ2v) is 9.18. The molecule has 3 aromatic rings. The number of fused-ring (bicyclic) bond motifs is 1. The van der Waals surface area contributed by atoms with Crippen molar-refractivity contribution >= 4 is 16.7 Å². The number of ether oxygens (including phenoxy) is 1. The Morgan fingerprint density at radius 2 is 1.81 bits per heavy atom. The Bertz CT molecular complexity index is 1290. The zero-order chi connectivity index (χ0) is 26.2. The molecule has 6 nitrogen and oxygen atoms in total. The molecule has 37 heavy (non-hydrogen) atoms. The molecule has 1 fully saturated rings. The van der Waals surface area contributed by atoms with E-state index >= 15 is 0 Å². The molecule has 0 radical (unpaired) electrons. The Labute approximate surface area is 219 Å². The van der Waals surface area contributed by atoms with Crippen LogP contribution < -0.4 is 10.1 Å². The lowest BCUT2D eigenvalue weighted by molar-refractivity contribution is 0.190. The van der Waals surface area contributed by atoms with Gasteiger partial charge in [0, 0.05) is 43.8 Å². The molecule has 0 aliphatic carbocycles. The first-order valence-electron chi connectivity index (χ1n) is 12.8. The van der Waals surface area contributed by atoms with E-state index in [9.17, 15) is 4.39 Å². The van der Waals surface area contributed by atoms with E-state index in [4.69, 9.17) is 4.74 Å². The molecule has 0 amide bonds. The highest BCUT2D eigenvalue weighted by atomic mass is 19.1. The van der Waals surface area contributed by atoms with Crippen LogP contribution in [0.15, 0.2) is 78.3 Å². The monoisotopic (exact) mass is 501 g/mol. The molecule has 0 bridgehead atoms. The first kappa shape index (κ1) is 26.4. The van der Waals surface area contributed by atoms with E-state index in [0.29, 0.717) is 12.3 Å². The fourth-order valence-corrected chi connectivity index (χ4v) is 4.45. The number of hydrogen-bond acceptors (Lipinski definition) is 6. The van der Waals surface area contributed by atoms with Crippen LogP contribution in [0.3, 0.4) is 0 Å². The molecule has 4 rings (SSSR count). The van der Waals surface area contributed by atoms with E-state index in [1.807, 2.05) is 19.1 Å². The number of likely N-dealkylation sites (N-methyl/N-ethyl adjacent to an activating group) is 1. The molecule has 0 atom stereocenters. The summed E-state index contributed by atoms with van der Waals surface area (Å²) >= 11 is 0. The first-order chi connectivity index (χ1) is 18.0. The standard InChI is InChI=1S/C30H36FN5O/c1-5-7-26(36-16-14-35(3)15-17-36)13-8-22(6-2)20-32-30-27-18-24(23-9-11-25(31)12-10-23)19-28(37-4)29(27)33-21-34-30/h6-13,18-19,21H,5,14-17,20H2,1-4H3,(H,32,33,34)/b13-8-,22-6+,26-7-. The molecule has 1 N–H and O–H groups in total. The summed E-state index contributed by atoms with van der Waals surface area (Å²) in [4.78, 5) is 13.8. The Morgan fingerprint density at radius 3 is 2.49 bits per heavy atom. The van der Waals surface area contributed by atoms with Gasteiger partial charge < -0.3 is 19.9 Å². The summed E-state index contributed by atoms with van der Waals surface area (Å²) in [5.74, 6) is 1.11. The van der Waals surface area contributed by atoms with Crippen LogP contribution in [0.5, 0.6) is 5.75 Å². The third kappa shape index (κ3) is 6.54. The van der Waals surface area contributed by atoms with Gasteiger partial charge in [-0.05, 0) is 67.4 Å². The number of nitrogens with zero attached hydrogens (tertiary/aromatic N) is 4. The van der Waals surface area contributed by atoms with Crippen LogP contribution in [-0.2, 0) is 0 Å². The van der Waals surface area contributed by atoms with Crippen molar-refractivity contribution in [2.45, 2.75) is 20.3 Å². The minimum atomic E-state index is -0.265. The number of benzene rings is 2. The van der Waals surface area contributed by atoms with Gasteiger partial charge in [0.15, 0.2) is 0 Å². The largest absolute Gasteiger partial charge is 0.494 e. The van der Waals surface area contributed by atoms with Gasteiger partial charge in [0.2, 0.25) is 0 Å². The lowest BCUT2D eigenvalue weighted by atomic mass is 10.0. The third-order valence-corrected chi connectivity index (χ3v) is 6.68. The number of methoxy groups -OCH3 is 1. The van der Waals surface area contributed by atoms with E-state index < -0.39 is 0 Å². The van der Waals surface area contributed by atoms with Crippen molar-refractivity contribution in [1.82, 2.24) is 19.8 Å². The Morgan fingerprint density at radius 1 is 1.05 bits per heavy atom. The van der Waals surface area contributed by atoms with Crippen LogP contribution >= 0.6 is 0 Å². The highest BCUT2D eigenvalue weighted by molar-refractivity contribution is 5.96. The summed E-state index contributed by atoms with van der Waals surface area (Å²) < 4.78 is 19.1. The van der Waals surface area contributed by atoms with E-state index in [0.717, 1.165) is 66.0 Å². The second kappa shape index (κ2) is 12.5. The molecular formula is C30H36FN5O. The molecule has 194 valence electrons. The number of nitrogens with one attached hydrogen (secondary N) is 1. The fourth-order valence-electron chi connectivity index (χ4n) is 4.45. The number of rotatable bonds is 9. The second-order valence-electron chi connectivity index (χ2n) is 9.18. The topological polar surface area (TPSA) is 53.5 Å². The molecule has 1 saturated heterocycles. The molecule has 0 unspecified atom stereocenters. The highest BCUT2D eigenvalue weighted by Gasteiger charge is 2.15. The number of aromatic nitrogens is 2. The van der Waals surface area contributed by atoms with Crippen molar-refractivity contribution in [3.63, 3.8) is 0 Å². The van der Waals surface area contributed by atoms with Gasteiger partial charge in [-0.25, -0.2) is 14.4 Å². The average molecular weight is 502 g/mol. The van der Waals surface area contributed by atoms with Crippen LogP contribution in [0.4, 0.5) is 10.2 Å². The van der Waals surface area contributed by atoms with Gasteiger partial charge in [-0.1, -0.05) is 37.3 Å². The fraction of sp³-hybridized carbons (Fsp3) is 0.333. The average Bonchev–Trinajstić information content (AvgIpc) is 2.92. The normalized spacial score (nSPS) is 15.5. The van der Waals surface area contributed by atoms with Crippen LogP contribution in [0.25, 0.3) is 22.0 Å². The SMILES string of the molecule is C\C=C(/C=C\C(=C\CC)N1CCN(C)CC1)CNc1ncnc2c(OC)cc(-c3ccc(F)cc3)cc12. The van der Waals surface area contributed by atoms with Crippen molar-refractivity contribution in [3.8, 4) is 16.9 Å². The Kier molecular flexibility index (Phi) is 8.90. The van der Waals surface area contributed by atoms with Gasteiger partial charge in [0.25, 0.3) is 0 Å². The quantitative estimate of drug-likeness (QED) is 0.369. The lowest BCUT2D eigenvalue weighted by Crippen LogP contribution is -2.43. The zero-order valence-corrected chi connectivity index (χ0v) is 22.2. The minimum Gasteiger partial charge on any atom is -0.494 e. The van der Waals surface area contributed by atoms with Crippen LogP contribution in [0, 0.1) is 5.82 Å². The van der Waals surface area contributed by atoms with Gasteiger partial charge in [-0.3, -0.25) is 0 Å². The minimum absolute atomic E-state index is 0.265. The Hall–Kier alpha value is -3.71. The van der Waals surface area contributed by atoms with Crippen LogP contribution in [-0.4, -0.2) is 66.6 Å². The number of allylic oxidation sites excluding steroid dienone is 3. The van der Waals surface area contributed by atoms with Crippen LogP contribution in [0.2, 0.25) is 0 Å². The molecule has 0 saturated carbocycles. The first-order valence-corrected chi connectivity index (χ1v) is 12.8. The summed E-state index contributed by atoms with van der Waals surface area (Å²) in [5, 5.41) is 4.34. The van der Waals surface area contributed by atoms with Crippen molar-refractivity contribution in [1.29, 1.82) is 0 Å². The molecule has 1 aromatic heterocycles. The van der Waals surface area contributed by atoms with Crippen molar-refractivity contribution in [2.24, 2.45) is 0 Å². The summed E-state index contributed by atoms with van der Waals surface area (Å²) in [6.07, 6.45) is 11.4. The summed E-state index contributed by atoms with van der Waals surface area (Å²) in [6.45, 7) is 9.09. The van der Waals surface area contributed by atoms with E-state index in [1.54, 1.807) is 25.6 Å². The summed E-state index contributed by atoms with van der Waals surface area (Å²) in [7, 11) is 3.80. The Balaban J connectivity index is 1.56. The molecule has 2 heterocycles. The number of piperazine rings is 1. The summed E-state index contributed by atoms with van der Waals surface area (Å²) in [5.41, 5.74) is 4.97.